The van der Waals surface area contributed by atoms with E-state index in [2.05, 4.69) is 9.97 Å². The maximum absolute atomic E-state index is 12.1. The number of aromatic amines is 1. The number of ether oxygens (including phenoxy) is 1. The number of amides is 1. The Bertz CT molecular complexity index is 518. The molecule has 0 aliphatic carbocycles. The van der Waals surface area contributed by atoms with Crippen LogP contribution in [0, 0.1) is 11.3 Å². The summed E-state index contributed by atoms with van der Waals surface area (Å²) >= 11 is 0. The van der Waals surface area contributed by atoms with E-state index in [0.717, 1.165) is 6.33 Å². The molecule has 0 spiro atoms. The normalized spacial score (nSPS) is 19.3. The number of hydrogen-bond acceptors (Lipinski definition) is 5. The molecule has 0 saturated carbocycles. The van der Waals surface area contributed by atoms with Crippen LogP contribution in [0.4, 0.5) is 0 Å². The van der Waals surface area contributed by atoms with Gasteiger partial charge < -0.3 is 19.7 Å². The lowest BCUT2D eigenvalue weighted by atomic mass is 10.2. The number of morpholine rings is 1. The Morgan fingerprint density at radius 2 is 2.44 bits per heavy atom. The number of nitrogens with one attached hydrogen (secondary N) is 1. The van der Waals surface area contributed by atoms with Gasteiger partial charge in [0.05, 0.1) is 25.5 Å². The lowest BCUT2D eigenvalue weighted by Crippen LogP contribution is -2.45. The molecular weight excluding hydrogens is 240 g/mol. The number of imidazole rings is 1. The first-order chi connectivity index (χ1) is 8.63. The van der Waals surface area contributed by atoms with Crippen molar-refractivity contribution in [1.82, 2.24) is 14.9 Å². The van der Waals surface area contributed by atoms with E-state index in [1.807, 2.05) is 6.07 Å². The lowest BCUT2D eigenvalue weighted by Gasteiger charge is -2.29. The Balaban J connectivity index is 2.18. The summed E-state index contributed by atoms with van der Waals surface area (Å²) in [6, 6.07) is 1.91. The first-order valence-electron chi connectivity index (χ1n) is 5.20. The average Bonchev–Trinajstić information content (AvgIpc) is 2.87. The largest absolute Gasteiger partial charge is 0.477 e. The van der Waals surface area contributed by atoms with Crippen LogP contribution in [-0.4, -0.2) is 57.7 Å². The minimum Gasteiger partial charge on any atom is -0.477 e. The van der Waals surface area contributed by atoms with Gasteiger partial charge in [-0.2, -0.15) is 5.26 Å². The van der Waals surface area contributed by atoms with Gasteiger partial charge in [0.25, 0.3) is 5.91 Å². The van der Waals surface area contributed by atoms with Crippen LogP contribution >= 0.6 is 0 Å². The van der Waals surface area contributed by atoms with E-state index in [9.17, 15) is 9.59 Å². The number of hydrogen-bond donors (Lipinski definition) is 2. The summed E-state index contributed by atoms with van der Waals surface area (Å²) in [5.41, 5.74) is -0.402. The minimum absolute atomic E-state index is 0.112. The highest BCUT2D eigenvalue weighted by Crippen LogP contribution is 2.11. The fourth-order valence-electron chi connectivity index (χ4n) is 1.68. The van der Waals surface area contributed by atoms with Crippen molar-refractivity contribution < 1.29 is 19.4 Å². The van der Waals surface area contributed by atoms with Gasteiger partial charge in [0.1, 0.15) is 0 Å². The second-order valence-corrected chi connectivity index (χ2v) is 3.67. The number of nitriles is 1. The van der Waals surface area contributed by atoms with Crippen molar-refractivity contribution >= 4 is 11.9 Å². The number of carboxylic acid groups (broad SMARTS) is 1. The molecule has 94 valence electrons. The fourth-order valence-corrected chi connectivity index (χ4v) is 1.68. The summed E-state index contributed by atoms with van der Waals surface area (Å²) < 4.78 is 5.10. The minimum atomic E-state index is -1.25. The number of aromatic carboxylic acids is 1. The van der Waals surface area contributed by atoms with Crippen LogP contribution in [-0.2, 0) is 4.74 Å². The first kappa shape index (κ1) is 12.1. The van der Waals surface area contributed by atoms with Gasteiger partial charge in [-0.1, -0.05) is 0 Å². The molecule has 8 nitrogen and oxygen atoms in total. The van der Waals surface area contributed by atoms with Crippen LogP contribution < -0.4 is 0 Å². The van der Waals surface area contributed by atoms with Gasteiger partial charge in [-0.3, -0.25) is 4.79 Å². The quantitative estimate of drug-likeness (QED) is 0.728. The van der Waals surface area contributed by atoms with Crippen molar-refractivity contribution in [3.63, 3.8) is 0 Å². The summed E-state index contributed by atoms with van der Waals surface area (Å²) in [6.45, 7) is 0.668. The molecule has 1 aliphatic rings. The highest BCUT2D eigenvalue weighted by molar-refractivity contribution is 6.02. The summed E-state index contributed by atoms with van der Waals surface area (Å²) in [5.74, 6) is -1.77. The molecule has 0 bridgehead atoms. The van der Waals surface area contributed by atoms with Crippen molar-refractivity contribution in [2.75, 3.05) is 19.7 Å². The van der Waals surface area contributed by atoms with Crippen LogP contribution in [0.15, 0.2) is 6.33 Å². The van der Waals surface area contributed by atoms with E-state index in [0.29, 0.717) is 6.54 Å². The van der Waals surface area contributed by atoms with Crippen LogP contribution in [0.3, 0.4) is 0 Å². The highest BCUT2D eigenvalue weighted by Gasteiger charge is 2.29. The van der Waals surface area contributed by atoms with Gasteiger partial charge >= 0.3 is 5.97 Å². The maximum atomic E-state index is 12.1. The number of nitrogens with zero attached hydrogens (tertiary/aromatic N) is 3. The Morgan fingerprint density at radius 1 is 1.67 bits per heavy atom. The molecule has 1 saturated heterocycles. The Kier molecular flexibility index (Phi) is 3.25. The standard InChI is InChI=1S/C10H10N4O4/c11-3-6-4-14(1-2-18-6)9(15)7-8(10(16)17)13-5-12-7/h5-6H,1-2,4H2,(H,12,13)(H,16,17). The van der Waals surface area contributed by atoms with E-state index < -0.39 is 18.0 Å². The molecule has 2 rings (SSSR count). The molecule has 1 unspecified atom stereocenters. The molecule has 1 aromatic heterocycles. The Hall–Kier alpha value is -2.40. The van der Waals surface area contributed by atoms with Gasteiger partial charge in [0.2, 0.25) is 0 Å². The molecule has 1 amide bonds. The lowest BCUT2D eigenvalue weighted by molar-refractivity contribution is 0.00312. The van der Waals surface area contributed by atoms with Gasteiger partial charge in [0, 0.05) is 6.54 Å². The van der Waals surface area contributed by atoms with E-state index in [4.69, 9.17) is 15.1 Å². The fraction of sp³-hybridized carbons (Fsp3) is 0.400. The molecule has 1 aliphatic heterocycles. The van der Waals surface area contributed by atoms with Crippen LogP contribution in [0.25, 0.3) is 0 Å². The monoisotopic (exact) mass is 250 g/mol. The third kappa shape index (κ3) is 2.16. The van der Waals surface area contributed by atoms with E-state index >= 15 is 0 Å². The van der Waals surface area contributed by atoms with Crippen molar-refractivity contribution in [3.05, 3.63) is 17.7 Å². The third-order valence-corrected chi connectivity index (χ3v) is 2.55. The molecule has 0 radical (unpaired) electrons. The summed E-state index contributed by atoms with van der Waals surface area (Å²) in [7, 11) is 0. The predicted molar refractivity (Wildman–Crippen MR) is 56.8 cm³/mol. The van der Waals surface area contributed by atoms with Crippen molar-refractivity contribution in [3.8, 4) is 6.07 Å². The third-order valence-electron chi connectivity index (χ3n) is 2.55. The second-order valence-electron chi connectivity index (χ2n) is 3.67. The second kappa shape index (κ2) is 4.85. The smallest absolute Gasteiger partial charge is 0.354 e. The maximum Gasteiger partial charge on any atom is 0.354 e. The van der Waals surface area contributed by atoms with Gasteiger partial charge in [-0.05, 0) is 0 Å². The van der Waals surface area contributed by atoms with Crippen molar-refractivity contribution in [2.24, 2.45) is 0 Å². The average molecular weight is 250 g/mol. The molecule has 1 aromatic rings. The van der Waals surface area contributed by atoms with Crippen molar-refractivity contribution in [2.45, 2.75) is 6.10 Å². The van der Waals surface area contributed by atoms with E-state index in [-0.39, 0.29) is 24.5 Å². The number of carbonyl (C=O) groups excluding carboxylic acids is 1. The summed E-state index contributed by atoms with van der Waals surface area (Å²) in [4.78, 5) is 30.4. The zero-order valence-corrected chi connectivity index (χ0v) is 9.29. The van der Waals surface area contributed by atoms with E-state index in [1.165, 1.54) is 4.90 Å². The van der Waals surface area contributed by atoms with Crippen LogP contribution in [0.2, 0.25) is 0 Å². The molecule has 0 aromatic carbocycles. The number of carbonyl (C=O) groups is 2. The molecule has 1 atom stereocenters. The zero-order chi connectivity index (χ0) is 13.1. The molecule has 1 fully saturated rings. The summed E-state index contributed by atoms with van der Waals surface area (Å²) in [6.07, 6.45) is 0.466. The molecular formula is C10H10N4O4. The number of carboxylic acids is 1. The summed E-state index contributed by atoms with van der Waals surface area (Å²) in [5, 5.41) is 17.6. The molecule has 2 N–H and O–H groups in total. The van der Waals surface area contributed by atoms with Gasteiger partial charge in [-0.15, -0.1) is 0 Å². The predicted octanol–water partition coefficient (Wildman–Crippen LogP) is -0.528. The SMILES string of the molecule is N#CC1CN(C(=O)c2nc[nH]c2C(=O)O)CCO1. The molecule has 2 heterocycles. The number of aromatic nitrogens is 2. The number of rotatable bonds is 2. The van der Waals surface area contributed by atoms with Crippen molar-refractivity contribution in [1.29, 1.82) is 5.26 Å². The van der Waals surface area contributed by atoms with Gasteiger partial charge in [0.15, 0.2) is 17.5 Å². The first-order valence-corrected chi connectivity index (χ1v) is 5.20. The van der Waals surface area contributed by atoms with E-state index in [1.54, 1.807) is 0 Å². The topological polar surface area (TPSA) is 119 Å². The molecule has 8 heteroatoms. The zero-order valence-electron chi connectivity index (χ0n) is 9.29. The van der Waals surface area contributed by atoms with Crippen LogP contribution in [0.1, 0.15) is 21.0 Å². The number of H-pyrrole nitrogens is 1. The molecule has 18 heavy (non-hydrogen) atoms. The Morgan fingerprint density at radius 3 is 3.11 bits per heavy atom. The van der Waals surface area contributed by atoms with Crippen LogP contribution in [0.5, 0.6) is 0 Å². The van der Waals surface area contributed by atoms with Gasteiger partial charge in [-0.25, -0.2) is 9.78 Å². The highest BCUT2D eigenvalue weighted by atomic mass is 16.5. The Labute approximate surface area is 102 Å².